The molecule has 1 atom stereocenters. The zero-order valence-electron chi connectivity index (χ0n) is 18.9. The number of H-pyrrole nitrogens is 1. The summed E-state index contributed by atoms with van der Waals surface area (Å²) in [5.41, 5.74) is 4.41. The van der Waals surface area contributed by atoms with Gasteiger partial charge in [0.15, 0.2) is 0 Å². The van der Waals surface area contributed by atoms with Gasteiger partial charge in [-0.25, -0.2) is 0 Å². The molecule has 6 nitrogen and oxygen atoms in total. The molecule has 2 heterocycles. The molecule has 1 aliphatic rings. The molecule has 7 heteroatoms. The molecule has 32 heavy (non-hydrogen) atoms. The number of aromatic amines is 1. The Kier molecular flexibility index (Phi) is 5.95. The number of thiazole rings is 1. The number of rotatable bonds is 6. The second kappa shape index (κ2) is 8.54. The Bertz CT molecular complexity index is 1190. The molecule has 4 rings (SSSR count). The van der Waals surface area contributed by atoms with Gasteiger partial charge in [-0.1, -0.05) is 30.4 Å². The van der Waals surface area contributed by atoms with Crippen molar-refractivity contribution in [2.45, 2.75) is 59.0 Å². The first-order valence-electron chi connectivity index (χ1n) is 10.9. The highest BCUT2D eigenvalue weighted by Crippen LogP contribution is 2.44. The van der Waals surface area contributed by atoms with E-state index in [1.54, 1.807) is 0 Å². The summed E-state index contributed by atoms with van der Waals surface area (Å²) >= 11 is 1.02. The first kappa shape index (κ1) is 22.3. The highest BCUT2D eigenvalue weighted by atomic mass is 32.1. The predicted molar refractivity (Wildman–Crippen MR) is 126 cm³/mol. The number of phenols is 1. The van der Waals surface area contributed by atoms with Crippen LogP contribution in [0.4, 0.5) is 0 Å². The van der Waals surface area contributed by atoms with E-state index in [1.807, 2.05) is 45.0 Å². The summed E-state index contributed by atoms with van der Waals surface area (Å²) < 4.78 is 12.7. The Morgan fingerprint density at radius 1 is 1.12 bits per heavy atom. The van der Waals surface area contributed by atoms with Crippen molar-refractivity contribution in [1.82, 2.24) is 4.98 Å². The van der Waals surface area contributed by atoms with E-state index in [0.29, 0.717) is 23.7 Å². The SMILES string of the molecule is CCC1(COc2ccc(Cc3sc(=O)[nH]c3O)cc2)CCc2c(C)c(O)c(C)c(C)c2O1. The van der Waals surface area contributed by atoms with Crippen LogP contribution in [0.3, 0.4) is 0 Å². The minimum atomic E-state index is -0.421. The lowest BCUT2D eigenvalue weighted by molar-refractivity contribution is -0.00254. The van der Waals surface area contributed by atoms with Gasteiger partial charge in [0.05, 0.1) is 4.88 Å². The van der Waals surface area contributed by atoms with Gasteiger partial charge in [0.1, 0.15) is 29.5 Å². The molecule has 0 fully saturated rings. The van der Waals surface area contributed by atoms with Gasteiger partial charge >= 0.3 is 4.87 Å². The normalized spacial score (nSPS) is 17.6. The largest absolute Gasteiger partial charge is 0.507 e. The first-order valence-corrected chi connectivity index (χ1v) is 11.7. The minimum absolute atomic E-state index is 0.0611. The average Bonchev–Trinajstić information content (AvgIpc) is 3.12. The van der Waals surface area contributed by atoms with Gasteiger partial charge in [0.25, 0.3) is 0 Å². The summed E-state index contributed by atoms with van der Waals surface area (Å²) in [6.45, 7) is 8.42. The van der Waals surface area contributed by atoms with E-state index in [0.717, 1.165) is 69.9 Å². The van der Waals surface area contributed by atoms with E-state index < -0.39 is 5.60 Å². The molecule has 0 radical (unpaired) electrons. The molecule has 0 aliphatic carbocycles. The van der Waals surface area contributed by atoms with Crippen LogP contribution in [0.1, 0.15) is 52.5 Å². The standard InChI is InChI=1S/C25H29NO5S/c1-5-25(11-10-19-16(4)21(27)14(2)15(3)22(19)31-25)13-30-18-8-6-17(7-9-18)12-20-23(28)26-24(29)32-20/h6-9,27-28H,5,10-13H2,1-4H3,(H,26,29). The molecule has 0 saturated carbocycles. The van der Waals surface area contributed by atoms with Crippen LogP contribution < -0.4 is 14.3 Å². The molecule has 0 saturated heterocycles. The molecule has 3 N–H and O–H groups in total. The van der Waals surface area contributed by atoms with Gasteiger partial charge < -0.3 is 19.7 Å². The van der Waals surface area contributed by atoms with Gasteiger partial charge in [0, 0.05) is 12.0 Å². The molecule has 1 unspecified atom stereocenters. The van der Waals surface area contributed by atoms with E-state index in [-0.39, 0.29) is 10.8 Å². The molecule has 1 aromatic heterocycles. The van der Waals surface area contributed by atoms with Crippen molar-refractivity contribution in [2.75, 3.05) is 6.61 Å². The lowest BCUT2D eigenvalue weighted by Gasteiger charge is -2.39. The maximum Gasteiger partial charge on any atom is 0.307 e. The Morgan fingerprint density at radius 2 is 1.84 bits per heavy atom. The number of aromatic nitrogens is 1. The number of hydrogen-bond donors (Lipinski definition) is 3. The fourth-order valence-corrected chi connectivity index (χ4v) is 5.01. The predicted octanol–water partition coefficient (Wildman–Crippen LogP) is 4.92. The monoisotopic (exact) mass is 455 g/mol. The van der Waals surface area contributed by atoms with Gasteiger partial charge in [-0.05, 0) is 74.4 Å². The maximum absolute atomic E-state index is 11.4. The molecular weight excluding hydrogens is 426 g/mol. The molecule has 3 aromatic rings. The van der Waals surface area contributed by atoms with Crippen LogP contribution in [-0.4, -0.2) is 27.4 Å². The van der Waals surface area contributed by atoms with Crippen LogP contribution >= 0.6 is 11.3 Å². The Balaban J connectivity index is 1.47. The zero-order chi connectivity index (χ0) is 23.0. The molecule has 0 amide bonds. The number of fused-ring (bicyclic) bond motifs is 1. The van der Waals surface area contributed by atoms with Crippen molar-refractivity contribution in [3.63, 3.8) is 0 Å². The summed E-state index contributed by atoms with van der Waals surface area (Å²) in [7, 11) is 0. The van der Waals surface area contributed by atoms with E-state index in [1.165, 1.54) is 0 Å². The third kappa shape index (κ3) is 4.09. The van der Waals surface area contributed by atoms with Crippen molar-refractivity contribution in [3.8, 4) is 23.1 Å². The third-order valence-electron chi connectivity index (χ3n) is 6.62. The van der Waals surface area contributed by atoms with Crippen LogP contribution in [0.15, 0.2) is 29.1 Å². The second-order valence-corrected chi connectivity index (χ2v) is 9.63. The maximum atomic E-state index is 11.4. The minimum Gasteiger partial charge on any atom is -0.507 e. The molecule has 0 spiro atoms. The smallest absolute Gasteiger partial charge is 0.307 e. The van der Waals surface area contributed by atoms with Crippen molar-refractivity contribution < 1.29 is 19.7 Å². The Morgan fingerprint density at radius 3 is 2.47 bits per heavy atom. The molecule has 1 aliphatic heterocycles. The lowest BCUT2D eigenvalue weighted by Crippen LogP contribution is -2.45. The van der Waals surface area contributed by atoms with Crippen LogP contribution in [0.2, 0.25) is 0 Å². The summed E-state index contributed by atoms with van der Waals surface area (Å²) in [5, 5.41) is 20.2. The first-order chi connectivity index (χ1) is 15.2. The van der Waals surface area contributed by atoms with Crippen LogP contribution in [0.5, 0.6) is 23.1 Å². The van der Waals surface area contributed by atoms with Crippen molar-refractivity contribution in [3.05, 3.63) is 66.6 Å². The fraction of sp³-hybridized carbons (Fsp3) is 0.400. The van der Waals surface area contributed by atoms with E-state index in [2.05, 4.69) is 11.9 Å². The number of aromatic hydroxyl groups is 2. The van der Waals surface area contributed by atoms with Crippen molar-refractivity contribution in [2.24, 2.45) is 0 Å². The summed E-state index contributed by atoms with van der Waals surface area (Å²) in [5.74, 6) is 1.94. The molecule has 2 aromatic carbocycles. The fourth-order valence-electron chi connectivity index (χ4n) is 4.26. The van der Waals surface area contributed by atoms with E-state index in [4.69, 9.17) is 9.47 Å². The lowest BCUT2D eigenvalue weighted by atomic mass is 9.85. The number of ether oxygens (including phenoxy) is 2. The summed E-state index contributed by atoms with van der Waals surface area (Å²) in [6, 6.07) is 7.68. The van der Waals surface area contributed by atoms with E-state index in [9.17, 15) is 15.0 Å². The highest BCUT2D eigenvalue weighted by Gasteiger charge is 2.38. The average molecular weight is 456 g/mol. The topological polar surface area (TPSA) is 91.8 Å². The van der Waals surface area contributed by atoms with Gasteiger partial charge in [-0.2, -0.15) is 0 Å². The highest BCUT2D eigenvalue weighted by molar-refractivity contribution is 7.09. The van der Waals surface area contributed by atoms with E-state index >= 15 is 0 Å². The summed E-state index contributed by atoms with van der Waals surface area (Å²) in [4.78, 5) is 14.1. The number of hydrogen-bond acceptors (Lipinski definition) is 6. The van der Waals surface area contributed by atoms with Gasteiger partial charge in [-0.15, -0.1) is 0 Å². The van der Waals surface area contributed by atoms with Crippen LogP contribution in [-0.2, 0) is 12.8 Å². The summed E-state index contributed by atoms with van der Waals surface area (Å²) in [6.07, 6.45) is 2.96. The van der Waals surface area contributed by atoms with Crippen molar-refractivity contribution >= 4 is 11.3 Å². The molecule has 0 bridgehead atoms. The Hall–Kier alpha value is -2.93. The molecule has 170 valence electrons. The number of phenolic OH excluding ortho intramolecular Hbond substituents is 1. The van der Waals surface area contributed by atoms with Gasteiger partial charge in [-0.3, -0.25) is 9.78 Å². The second-order valence-electron chi connectivity index (χ2n) is 8.57. The van der Waals surface area contributed by atoms with Crippen LogP contribution in [0.25, 0.3) is 0 Å². The number of nitrogens with one attached hydrogen (secondary N) is 1. The van der Waals surface area contributed by atoms with Gasteiger partial charge in [0.2, 0.25) is 5.88 Å². The van der Waals surface area contributed by atoms with Crippen molar-refractivity contribution in [1.29, 1.82) is 0 Å². The Labute approximate surface area is 191 Å². The third-order valence-corrected chi connectivity index (χ3v) is 7.50. The van der Waals surface area contributed by atoms with Crippen LogP contribution in [0, 0.1) is 20.8 Å². The molecular formula is C25H29NO5S. The zero-order valence-corrected chi connectivity index (χ0v) is 19.7. The quantitative estimate of drug-likeness (QED) is 0.491. The number of benzene rings is 2.